The van der Waals surface area contributed by atoms with Crippen LogP contribution in [0.15, 0.2) is 12.1 Å². The van der Waals surface area contributed by atoms with Crippen LogP contribution in [-0.2, 0) is 11.2 Å². The Hall–Kier alpha value is -2.04. The van der Waals surface area contributed by atoms with Gasteiger partial charge in [-0.05, 0) is 18.9 Å². The monoisotopic (exact) mass is 290 g/mol. The largest absolute Gasteiger partial charge is 0.508 e. The number of ether oxygens (including phenoxy) is 1. The fourth-order valence-electron chi connectivity index (χ4n) is 2.16. The number of nitrogens with one attached hydrogen (secondary N) is 1. The van der Waals surface area contributed by atoms with Crippen LogP contribution in [0.5, 0.6) is 5.75 Å². The number of carbonyl (C=O) groups excluding carboxylic acids is 1. The van der Waals surface area contributed by atoms with E-state index in [1.807, 2.05) is 6.92 Å². The lowest BCUT2D eigenvalue weighted by molar-refractivity contribution is 0.0501. The Labute approximate surface area is 124 Å². The van der Waals surface area contributed by atoms with Crippen LogP contribution >= 0.6 is 0 Å². The Balaban J connectivity index is 2.28. The molecule has 5 nitrogen and oxygen atoms in total. The van der Waals surface area contributed by atoms with Crippen LogP contribution < -0.4 is 0 Å². The van der Waals surface area contributed by atoms with Gasteiger partial charge in [-0.3, -0.25) is 0 Å². The third-order valence-corrected chi connectivity index (χ3v) is 3.34. The number of imidazole rings is 1. The number of rotatable bonds is 7. The molecule has 0 saturated heterocycles. The molecule has 2 rings (SSSR count). The number of aromatic nitrogens is 2. The van der Waals surface area contributed by atoms with E-state index >= 15 is 0 Å². The van der Waals surface area contributed by atoms with Gasteiger partial charge in [-0.15, -0.1) is 0 Å². The molecule has 0 aliphatic carbocycles. The van der Waals surface area contributed by atoms with Gasteiger partial charge in [0.05, 0.1) is 17.7 Å². The third kappa shape index (κ3) is 3.74. The van der Waals surface area contributed by atoms with E-state index < -0.39 is 5.97 Å². The van der Waals surface area contributed by atoms with Crippen molar-refractivity contribution < 1.29 is 14.6 Å². The highest BCUT2D eigenvalue weighted by Gasteiger charge is 2.16. The fourth-order valence-corrected chi connectivity index (χ4v) is 2.16. The quantitative estimate of drug-likeness (QED) is 0.604. The van der Waals surface area contributed by atoms with Crippen LogP contribution in [0.2, 0.25) is 0 Å². The molecule has 0 unspecified atom stereocenters. The number of hydrogen-bond acceptors (Lipinski definition) is 4. The third-order valence-electron chi connectivity index (χ3n) is 3.34. The molecule has 114 valence electrons. The number of nitrogens with zero attached hydrogens (tertiary/aromatic N) is 1. The molecule has 0 radical (unpaired) electrons. The average molecular weight is 290 g/mol. The molecular weight excluding hydrogens is 268 g/mol. The summed E-state index contributed by atoms with van der Waals surface area (Å²) in [7, 11) is 0. The van der Waals surface area contributed by atoms with Crippen molar-refractivity contribution in [2.24, 2.45) is 0 Å². The van der Waals surface area contributed by atoms with Crippen molar-refractivity contribution in [2.45, 2.75) is 46.0 Å². The Kier molecular flexibility index (Phi) is 5.20. The number of aryl methyl sites for hydroxylation is 1. The van der Waals surface area contributed by atoms with Gasteiger partial charge in [0.15, 0.2) is 0 Å². The maximum absolute atomic E-state index is 12.1. The second-order valence-electron chi connectivity index (χ2n) is 5.17. The SMILES string of the molecule is CCCCOC(=O)c1cc(O)cc2[nH]c(CCCC)nc12. The molecule has 0 aliphatic heterocycles. The average Bonchev–Trinajstić information content (AvgIpc) is 2.86. The van der Waals surface area contributed by atoms with E-state index in [-0.39, 0.29) is 5.75 Å². The first kappa shape index (κ1) is 15.4. The first-order chi connectivity index (χ1) is 10.2. The standard InChI is InChI=1S/C16H22N2O3/c1-3-5-7-14-17-13-10-11(19)9-12(15(13)18-14)16(20)21-8-6-4-2/h9-10,19H,3-8H2,1-2H3,(H,17,18). The summed E-state index contributed by atoms with van der Waals surface area (Å²) >= 11 is 0. The summed E-state index contributed by atoms with van der Waals surface area (Å²) in [5.41, 5.74) is 1.56. The predicted octanol–water partition coefficient (Wildman–Crippen LogP) is 3.57. The summed E-state index contributed by atoms with van der Waals surface area (Å²) in [4.78, 5) is 19.7. The van der Waals surface area contributed by atoms with Gasteiger partial charge in [0.25, 0.3) is 0 Å². The number of aromatic hydroxyl groups is 1. The lowest BCUT2D eigenvalue weighted by Crippen LogP contribution is -2.07. The summed E-state index contributed by atoms with van der Waals surface area (Å²) in [6.45, 7) is 4.54. The van der Waals surface area contributed by atoms with Gasteiger partial charge in [-0.2, -0.15) is 0 Å². The normalized spacial score (nSPS) is 11.0. The molecule has 0 amide bonds. The number of unbranched alkanes of at least 4 members (excludes halogenated alkanes) is 2. The number of esters is 1. The molecule has 0 fully saturated rings. The van der Waals surface area contributed by atoms with Gasteiger partial charge in [0.2, 0.25) is 0 Å². The smallest absolute Gasteiger partial charge is 0.340 e. The van der Waals surface area contributed by atoms with Crippen molar-refractivity contribution in [3.63, 3.8) is 0 Å². The van der Waals surface area contributed by atoms with Crippen LogP contribution in [-0.4, -0.2) is 27.7 Å². The summed E-state index contributed by atoms with van der Waals surface area (Å²) in [5.74, 6) is 0.439. The summed E-state index contributed by atoms with van der Waals surface area (Å²) < 4.78 is 5.22. The lowest BCUT2D eigenvalue weighted by Gasteiger charge is -2.05. The van der Waals surface area contributed by atoms with E-state index in [9.17, 15) is 9.90 Å². The minimum absolute atomic E-state index is 0.0376. The predicted molar refractivity (Wildman–Crippen MR) is 81.6 cm³/mol. The Morgan fingerprint density at radius 2 is 2.05 bits per heavy atom. The van der Waals surface area contributed by atoms with Gasteiger partial charge < -0.3 is 14.8 Å². The van der Waals surface area contributed by atoms with Gasteiger partial charge in [0, 0.05) is 12.5 Å². The number of fused-ring (bicyclic) bond motifs is 1. The van der Waals surface area contributed by atoms with Crippen molar-refractivity contribution >= 4 is 17.0 Å². The van der Waals surface area contributed by atoms with Gasteiger partial charge in [-0.1, -0.05) is 26.7 Å². The van der Waals surface area contributed by atoms with E-state index in [2.05, 4.69) is 16.9 Å². The number of carbonyl (C=O) groups is 1. The van der Waals surface area contributed by atoms with Crippen molar-refractivity contribution in [1.82, 2.24) is 9.97 Å². The van der Waals surface area contributed by atoms with E-state index in [4.69, 9.17) is 4.74 Å². The molecule has 21 heavy (non-hydrogen) atoms. The number of benzene rings is 1. The first-order valence-electron chi connectivity index (χ1n) is 7.54. The Bertz CT molecular complexity index is 619. The zero-order valence-electron chi connectivity index (χ0n) is 12.6. The summed E-state index contributed by atoms with van der Waals surface area (Å²) in [6, 6.07) is 3.00. The van der Waals surface area contributed by atoms with Crippen molar-refractivity contribution in [1.29, 1.82) is 0 Å². The maximum atomic E-state index is 12.1. The first-order valence-corrected chi connectivity index (χ1v) is 7.54. The highest BCUT2D eigenvalue weighted by Crippen LogP contribution is 2.24. The number of hydrogen-bond donors (Lipinski definition) is 2. The molecular formula is C16H22N2O3. The summed E-state index contributed by atoms with van der Waals surface area (Å²) in [6.07, 6.45) is 4.73. The van der Waals surface area contributed by atoms with Crippen LogP contribution in [0.3, 0.4) is 0 Å². The second-order valence-corrected chi connectivity index (χ2v) is 5.17. The van der Waals surface area contributed by atoms with Crippen molar-refractivity contribution in [2.75, 3.05) is 6.61 Å². The number of phenols is 1. The highest BCUT2D eigenvalue weighted by atomic mass is 16.5. The summed E-state index contributed by atoms with van der Waals surface area (Å²) in [5, 5.41) is 9.76. The van der Waals surface area contributed by atoms with Crippen molar-refractivity contribution in [3.05, 3.63) is 23.5 Å². The van der Waals surface area contributed by atoms with Crippen LogP contribution in [0, 0.1) is 0 Å². The van der Waals surface area contributed by atoms with Gasteiger partial charge in [0.1, 0.15) is 17.1 Å². The zero-order chi connectivity index (χ0) is 15.2. The molecule has 1 aromatic heterocycles. The number of phenolic OH excluding ortho intramolecular Hbond substituents is 1. The van der Waals surface area contributed by atoms with E-state index in [0.29, 0.717) is 23.2 Å². The minimum Gasteiger partial charge on any atom is -0.508 e. The molecule has 0 saturated carbocycles. The molecule has 1 heterocycles. The molecule has 2 aromatic rings. The number of aromatic amines is 1. The van der Waals surface area contributed by atoms with E-state index in [0.717, 1.165) is 37.9 Å². The Morgan fingerprint density at radius 3 is 2.76 bits per heavy atom. The van der Waals surface area contributed by atoms with E-state index in [1.165, 1.54) is 6.07 Å². The zero-order valence-corrected chi connectivity index (χ0v) is 12.6. The topological polar surface area (TPSA) is 75.2 Å². The van der Waals surface area contributed by atoms with Crippen LogP contribution in [0.1, 0.15) is 55.7 Å². The van der Waals surface area contributed by atoms with Crippen molar-refractivity contribution in [3.8, 4) is 5.75 Å². The molecule has 2 N–H and O–H groups in total. The fraction of sp³-hybridized carbons (Fsp3) is 0.500. The molecule has 5 heteroatoms. The van der Waals surface area contributed by atoms with E-state index in [1.54, 1.807) is 6.07 Å². The van der Waals surface area contributed by atoms with Crippen LogP contribution in [0.4, 0.5) is 0 Å². The Morgan fingerprint density at radius 1 is 1.29 bits per heavy atom. The van der Waals surface area contributed by atoms with Crippen LogP contribution in [0.25, 0.3) is 11.0 Å². The maximum Gasteiger partial charge on any atom is 0.340 e. The molecule has 1 aromatic carbocycles. The van der Waals surface area contributed by atoms with Gasteiger partial charge >= 0.3 is 5.97 Å². The molecule has 0 atom stereocenters. The molecule has 0 aliphatic rings. The highest BCUT2D eigenvalue weighted by molar-refractivity contribution is 6.02. The molecule has 0 spiro atoms. The second kappa shape index (κ2) is 7.11. The lowest BCUT2D eigenvalue weighted by atomic mass is 10.1. The molecule has 0 bridgehead atoms. The minimum atomic E-state index is -0.433. The number of H-pyrrole nitrogens is 1. The van der Waals surface area contributed by atoms with Gasteiger partial charge in [-0.25, -0.2) is 9.78 Å².